The van der Waals surface area contributed by atoms with E-state index in [1.54, 1.807) is 35.5 Å². The fraction of sp³-hybridized carbons (Fsp3) is 0.556. The van der Waals surface area contributed by atoms with Crippen molar-refractivity contribution >= 4 is 12.0 Å². The van der Waals surface area contributed by atoms with Crippen LogP contribution in [0.15, 0.2) is 30.6 Å². The number of aromatic nitrogens is 1. The Morgan fingerprint density at radius 1 is 1.20 bits per heavy atom. The largest absolute Gasteiger partial charge is 0.387 e. The van der Waals surface area contributed by atoms with Crippen LogP contribution in [-0.4, -0.2) is 70.0 Å². The van der Waals surface area contributed by atoms with Gasteiger partial charge < -0.3 is 10.0 Å². The molecule has 2 saturated heterocycles. The molecule has 1 N–H and O–H groups in total. The Morgan fingerprint density at radius 3 is 2.56 bits per heavy atom. The third kappa shape index (κ3) is 4.83. The van der Waals surface area contributed by atoms with E-state index in [2.05, 4.69) is 4.98 Å². The summed E-state index contributed by atoms with van der Waals surface area (Å²) < 4.78 is 26.5. The van der Waals surface area contributed by atoms with Gasteiger partial charge in [-0.2, -0.15) is 0 Å². The molecule has 2 fully saturated rings. The third-order valence-electron chi connectivity index (χ3n) is 4.87. The van der Waals surface area contributed by atoms with E-state index in [1.807, 2.05) is 4.90 Å². The number of aliphatic hydroxyl groups is 1. The predicted molar refractivity (Wildman–Crippen MR) is 90.0 cm³/mol. The second-order valence-electron chi connectivity index (χ2n) is 6.98. The standard InChI is InChI=1S/C18H23F2N3O2/c19-18(20)6-10-22(11-7-18)13-17(25)5-12-23(14-17)16(24)2-1-15-3-8-21-9-4-15/h1-4,8-9,25H,5-7,10-14H2. The van der Waals surface area contributed by atoms with E-state index in [0.29, 0.717) is 19.5 Å². The molecular formula is C18H23F2N3O2. The highest BCUT2D eigenvalue weighted by Crippen LogP contribution is 2.30. The van der Waals surface area contributed by atoms with Crippen LogP contribution >= 0.6 is 0 Å². The second-order valence-corrected chi connectivity index (χ2v) is 6.98. The number of piperidine rings is 1. The van der Waals surface area contributed by atoms with E-state index in [1.165, 1.54) is 6.08 Å². The van der Waals surface area contributed by atoms with Crippen LogP contribution in [0.5, 0.6) is 0 Å². The van der Waals surface area contributed by atoms with Crippen molar-refractivity contribution in [3.8, 4) is 0 Å². The molecule has 0 spiro atoms. The molecule has 1 unspecified atom stereocenters. The molecule has 1 amide bonds. The Bertz CT molecular complexity index is 628. The van der Waals surface area contributed by atoms with Gasteiger partial charge in [0.2, 0.25) is 5.91 Å². The van der Waals surface area contributed by atoms with Gasteiger partial charge in [-0.25, -0.2) is 8.78 Å². The summed E-state index contributed by atoms with van der Waals surface area (Å²) in [5.74, 6) is -2.74. The Kier molecular flexibility index (Phi) is 5.15. The molecular weight excluding hydrogens is 328 g/mol. The molecule has 0 saturated carbocycles. The first-order valence-corrected chi connectivity index (χ1v) is 8.55. The quantitative estimate of drug-likeness (QED) is 0.841. The lowest BCUT2D eigenvalue weighted by molar-refractivity contribution is -0.126. The molecule has 5 nitrogen and oxygen atoms in total. The zero-order valence-electron chi connectivity index (χ0n) is 14.1. The number of halogens is 2. The number of alkyl halides is 2. The molecule has 3 rings (SSSR count). The predicted octanol–water partition coefficient (Wildman–Crippen LogP) is 1.79. The number of carbonyl (C=O) groups is 1. The van der Waals surface area contributed by atoms with Crippen LogP contribution in [0, 0.1) is 0 Å². The molecule has 3 heterocycles. The number of rotatable bonds is 4. The molecule has 7 heteroatoms. The Labute approximate surface area is 146 Å². The molecule has 1 atom stereocenters. The van der Waals surface area contributed by atoms with Crippen LogP contribution in [0.25, 0.3) is 6.08 Å². The number of hydrogen-bond acceptors (Lipinski definition) is 4. The summed E-state index contributed by atoms with van der Waals surface area (Å²) in [6.07, 6.45) is 6.65. The monoisotopic (exact) mass is 351 g/mol. The number of nitrogens with zero attached hydrogens (tertiary/aromatic N) is 3. The third-order valence-corrected chi connectivity index (χ3v) is 4.87. The van der Waals surface area contributed by atoms with Crippen molar-refractivity contribution in [2.24, 2.45) is 0 Å². The van der Waals surface area contributed by atoms with Crippen molar-refractivity contribution < 1.29 is 18.7 Å². The summed E-state index contributed by atoms with van der Waals surface area (Å²) in [6, 6.07) is 3.60. The molecule has 0 aliphatic carbocycles. The number of likely N-dealkylation sites (tertiary alicyclic amines) is 2. The van der Waals surface area contributed by atoms with Crippen molar-refractivity contribution in [2.45, 2.75) is 30.8 Å². The average molecular weight is 351 g/mol. The zero-order valence-corrected chi connectivity index (χ0v) is 14.1. The van der Waals surface area contributed by atoms with Crippen LogP contribution in [0.3, 0.4) is 0 Å². The maximum Gasteiger partial charge on any atom is 0.250 e. The fourth-order valence-electron chi connectivity index (χ4n) is 3.38. The van der Waals surface area contributed by atoms with Crippen molar-refractivity contribution in [3.63, 3.8) is 0 Å². The number of β-amino-alcohol motifs (C(OH)–C–C–N with tert-alkyl or cyclic N) is 1. The summed E-state index contributed by atoms with van der Waals surface area (Å²) in [5.41, 5.74) is -0.140. The van der Waals surface area contributed by atoms with Gasteiger partial charge in [0.25, 0.3) is 5.92 Å². The second kappa shape index (κ2) is 7.17. The maximum absolute atomic E-state index is 13.2. The number of amides is 1. The lowest BCUT2D eigenvalue weighted by atomic mass is 10.00. The SMILES string of the molecule is O=C(C=Cc1ccncc1)N1CCC(O)(CN2CCC(F)(F)CC2)C1. The maximum atomic E-state index is 13.2. The summed E-state index contributed by atoms with van der Waals surface area (Å²) in [7, 11) is 0. The first-order chi connectivity index (χ1) is 11.9. The van der Waals surface area contributed by atoms with Gasteiger partial charge in [-0.15, -0.1) is 0 Å². The van der Waals surface area contributed by atoms with Crippen molar-refractivity contribution in [2.75, 3.05) is 32.7 Å². The molecule has 0 radical (unpaired) electrons. The van der Waals surface area contributed by atoms with Gasteiger partial charge in [-0.1, -0.05) is 0 Å². The van der Waals surface area contributed by atoms with E-state index in [9.17, 15) is 18.7 Å². The van der Waals surface area contributed by atoms with E-state index in [4.69, 9.17) is 0 Å². The highest BCUT2D eigenvalue weighted by atomic mass is 19.3. The molecule has 25 heavy (non-hydrogen) atoms. The average Bonchev–Trinajstić information content (AvgIpc) is 2.98. The van der Waals surface area contributed by atoms with E-state index < -0.39 is 11.5 Å². The summed E-state index contributed by atoms with van der Waals surface area (Å²) >= 11 is 0. The number of pyridine rings is 1. The fourth-order valence-corrected chi connectivity index (χ4v) is 3.38. The van der Waals surface area contributed by atoms with Crippen molar-refractivity contribution in [3.05, 3.63) is 36.2 Å². The van der Waals surface area contributed by atoms with Gasteiger partial charge in [-0.3, -0.25) is 14.7 Å². The minimum absolute atomic E-state index is 0.155. The molecule has 1 aromatic rings. The van der Waals surface area contributed by atoms with Crippen LogP contribution in [0.1, 0.15) is 24.8 Å². The van der Waals surface area contributed by atoms with Gasteiger partial charge in [0.15, 0.2) is 0 Å². The van der Waals surface area contributed by atoms with Crippen LogP contribution in [0.4, 0.5) is 8.78 Å². The summed E-state index contributed by atoms with van der Waals surface area (Å²) in [4.78, 5) is 19.7. The molecule has 2 aliphatic heterocycles. The van der Waals surface area contributed by atoms with E-state index >= 15 is 0 Å². The lowest BCUT2D eigenvalue weighted by Crippen LogP contribution is -2.49. The highest BCUT2D eigenvalue weighted by molar-refractivity contribution is 5.92. The minimum Gasteiger partial charge on any atom is -0.387 e. The van der Waals surface area contributed by atoms with Gasteiger partial charge in [0, 0.05) is 57.5 Å². The van der Waals surface area contributed by atoms with E-state index in [-0.39, 0.29) is 38.4 Å². The molecule has 0 aromatic carbocycles. The number of hydrogen-bond donors (Lipinski definition) is 1. The highest BCUT2D eigenvalue weighted by Gasteiger charge is 2.41. The number of carbonyl (C=O) groups excluding carboxylic acids is 1. The van der Waals surface area contributed by atoms with Crippen molar-refractivity contribution in [1.82, 2.24) is 14.8 Å². The van der Waals surface area contributed by atoms with Gasteiger partial charge in [0.1, 0.15) is 0 Å². The van der Waals surface area contributed by atoms with Gasteiger partial charge in [0.05, 0.1) is 12.1 Å². The van der Waals surface area contributed by atoms with Crippen LogP contribution in [0.2, 0.25) is 0 Å². The molecule has 0 bridgehead atoms. The minimum atomic E-state index is -2.59. The van der Waals surface area contributed by atoms with Crippen LogP contribution in [-0.2, 0) is 4.79 Å². The Balaban J connectivity index is 1.52. The first-order valence-electron chi connectivity index (χ1n) is 8.55. The summed E-state index contributed by atoms with van der Waals surface area (Å²) in [6.45, 7) is 1.61. The molecule has 2 aliphatic rings. The molecule has 1 aromatic heterocycles. The van der Waals surface area contributed by atoms with E-state index in [0.717, 1.165) is 5.56 Å². The zero-order chi connectivity index (χ0) is 17.9. The molecule has 136 valence electrons. The van der Waals surface area contributed by atoms with Gasteiger partial charge in [-0.05, 0) is 30.2 Å². The van der Waals surface area contributed by atoms with Crippen molar-refractivity contribution in [1.29, 1.82) is 0 Å². The first kappa shape index (κ1) is 17.9. The Morgan fingerprint density at radius 2 is 1.88 bits per heavy atom. The topological polar surface area (TPSA) is 56.7 Å². The Hall–Kier alpha value is -1.86. The van der Waals surface area contributed by atoms with Crippen LogP contribution < -0.4 is 0 Å². The smallest absolute Gasteiger partial charge is 0.250 e. The normalized spacial score (nSPS) is 27.1. The lowest BCUT2D eigenvalue weighted by Gasteiger charge is -2.36. The summed E-state index contributed by atoms with van der Waals surface area (Å²) in [5, 5.41) is 10.7. The van der Waals surface area contributed by atoms with Gasteiger partial charge >= 0.3 is 0 Å².